The van der Waals surface area contributed by atoms with Crippen LogP contribution in [0.1, 0.15) is 13.8 Å². The minimum absolute atomic E-state index is 0.0946. The molecule has 19 heavy (non-hydrogen) atoms. The molecule has 0 amide bonds. The second-order valence-corrected chi connectivity index (χ2v) is 7.28. The molecule has 0 saturated heterocycles. The fourth-order valence-electron chi connectivity index (χ4n) is 1.81. The van der Waals surface area contributed by atoms with Crippen molar-refractivity contribution in [1.82, 2.24) is 9.55 Å². The second-order valence-electron chi connectivity index (χ2n) is 4.71. The van der Waals surface area contributed by atoms with Gasteiger partial charge in [0.2, 0.25) is 0 Å². The van der Waals surface area contributed by atoms with Crippen molar-refractivity contribution in [3.05, 3.63) is 34.9 Å². The van der Waals surface area contributed by atoms with Crippen LogP contribution in [0.15, 0.2) is 34.2 Å². The summed E-state index contributed by atoms with van der Waals surface area (Å²) in [6.07, 6.45) is 1.47. The lowest BCUT2D eigenvalue weighted by molar-refractivity contribution is 0.508. The Kier molecular flexibility index (Phi) is 3.64. The first-order valence-electron chi connectivity index (χ1n) is 5.73. The van der Waals surface area contributed by atoms with Crippen molar-refractivity contribution >= 4 is 30.6 Å². The third kappa shape index (κ3) is 2.96. The van der Waals surface area contributed by atoms with Crippen molar-refractivity contribution in [1.29, 1.82) is 0 Å². The van der Waals surface area contributed by atoms with Gasteiger partial charge in [-0.15, -0.1) is 0 Å². The van der Waals surface area contributed by atoms with E-state index >= 15 is 0 Å². The lowest BCUT2D eigenvalue weighted by Gasteiger charge is -2.09. The number of benzene rings is 1. The van der Waals surface area contributed by atoms with E-state index in [2.05, 4.69) is 4.98 Å². The summed E-state index contributed by atoms with van der Waals surface area (Å²) in [5.41, 5.74) is 0.190. The fourth-order valence-corrected chi connectivity index (χ4v) is 2.59. The minimum Gasteiger partial charge on any atom is -0.298 e. The number of aromatic nitrogens is 2. The molecular formula is C12H13ClN2O3S. The van der Waals surface area contributed by atoms with E-state index in [-0.39, 0.29) is 21.8 Å². The second kappa shape index (κ2) is 4.94. The molecule has 1 aromatic carbocycles. The van der Waals surface area contributed by atoms with E-state index in [0.29, 0.717) is 12.1 Å². The lowest BCUT2D eigenvalue weighted by atomic mass is 10.2. The van der Waals surface area contributed by atoms with Gasteiger partial charge in [0.25, 0.3) is 14.6 Å². The van der Waals surface area contributed by atoms with Crippen LogP contribution < -0.4 is 5.56 Å². The van der Waals surface area contributed by atoms with Gasteiger partial charge in [-0.05, 0) is 24.1 Å². The summed E-state index contributed by atoms with van der Waals surface area (Å²) in [5, 5.41) is 0.255. The van der Waals surface area contributed by atoms with Crippen LogP contribution in [0.4, 0.5) is 0 Å². The Morgan fingerprint density at radius 2 is 2.05 bits per heavy atom. The van der Waals surface area contributed by atoms with Crippen LogP contribution in [0.3, 0.4) is 0 Å². The average molecular weight is 301 g/mol. The minimum atomic E-state index is -3.85. The molecule has 0 aliphatic carbocycles. The van der Waals surface area contributed by atoms with Gasteiger partial charge < -0.3 is 0 Å². The van der Waals surface area contributed by atoms with Crippen molar-refractivity contribution in [3.63, 3.8) is 0 Å². The van der Waals surface area contributed by atoms with E-state index < -0.39 is 9.05 Å². The Morgan fingerprint density at radius 1 is 1.37 bits per heavy atom. The highest BCUT2D eigenvalue weighted by atomic mass is 35.7. The number of rotatable bonds is 3. The highest BCUT2D eigenvalue weighted by Crippen LogP contribution is 2.18. The third-order valence-electron chi connectivity index (χ3n) is 2.64. The molecule has 2 rings (SSSR count). The van der Waals surface area contributed by atoms with Gasteiger partial charge in [0.05, 0.1) is 22.1 Å². The van der Waals surface area contributed by atoms with Crippen LogP contribution >= 0.6 is 10.7 Å². The molecule has 0 aliphatic heterocycles. The van der Waals surface area contributed by atoms with Crippen molar-refractivity contribution in [3.8, 4) is 0 Å². The zero-order chi connectivity index (χ0) is 14.2. The van der Waals surface area contributed by atoms with E-state index in [4.69, 9.17) is 10.7 Å². The Morgan fingerprint density at radius 3 is 2.63 bits per heavy atom. The van der Waals surface area contributed by atoms with Gasteiger partial charge in [-0.2, -0.15) is 0 Å². The van der Waals surface area contributed by atoms with Gasteiger partial charge in [-0.25, -0.2) is 13.4 Å². The number of fused-ring (bicyclic) bond motifs is 1. The summed E-state index contributed by atoms with van der Waals surface area (Å²) in [6, 6.07) is 4.08. The molecule has 1 heterocycles. The molecule has 0 radical (unpaired) electrons. The van der Waals surface area contributed by atoms with Gasteiger partial charge in [0.1, 0.15) is 0 Å². The predicted octanol–water partition coefficient (Wildman–Crippen LogP) is 1.98. The molecule has 2 aromatic rings. The predicted molar refractivity (Wildman–Crippen MR) is 73.9 cm³/mol. The summed E-state index contributed by atoms with van der Waals surface area (Å²) in [7, 11) is 1.43. The van der Waals surface area contributed by atoms with Crippen LogP contribution in [-0.4, -0.2) is 18.0 Å². The first kappa shape index (κ1) is 14.0. The monoisotopic (exact) mass is 300 g/mol. The van der Waals surface area contributed by atoms with Crippen LogP contribution in [0, 0.1) is 5.92 Å². The van der Waals surface area contributed by atoms with Gasteiger partial charge in [-0.1, -0.05) is 13.8 Å². The molecule has 0 aliphatic rings. The third-order valence-corrected chi connectivity index (χ3v) is 3.99. The van der Waals surface area contributed by atoms with Crippen LogP contribution in [-0.2, 0) is 15.6 Å². The Balaban J connectivity index is 2.70. The van der Waals surface area contributed by atoms with Crippen molar-refractivity contribution in [2.45, 2.75) is 25.3 Å². The SMILES string of the molecule is CC(C)Cn1cnc2ccc(S(=O)(=O)Cl)cc2c1=O. The Labute approximate surface area is 115 Å². The van der Waals surface area contributed by atoms with Crippen LogP contribution in [0.5, 0.6) is 0 Å². The van der Waals surface area contributed by atoms with Gasteiger partial charge in [-0.3, -0.25) is 9.36 Å². The first-order valence-corrected chi connectivity index (χ1v) is 8.04. The fraction of sp³-hybridized carbons (Fsp3) is 0.333. The number of hydrogen-bond donors (Lipinski definition) is 0. The highest BCUT2D eigenvalue weighted by molar-refractivity contribution is 8.13. The summed E-state index contributed by atoms with van der Waals surface area (Å²) < 4.78 is 24.0. The number of nitrogens with zero attached hydrogens (tertiary/aromatic N) is 2. The Bertz CT molecular complexity index is 781. The van der Waals surface area contributed by atoms with Crippen LogP contribution in [0.25, 0.3) is 10.9 Å². The maximum Gasteiger partial charge on any atom is 0.261 e. The molecule has 0 fully saturated rings. The molecule has 0 unspecified atom stereocenters. The quantitative estimate of drug-likeness (QED) is 0.813. The topological polar surface area (TPSA) is 69.0 Å². The molecule has 7 heteroatoms. The average Bonchev–Trinajstić information content (AvgIpc) is 2.31. The lowest BCUT2D eigenvalue weighted by Crippen LogP contribution is -2.23. The summed E-state index contributed by atoms with van der Waals surface area (Å²) in [4.78, 5) is 16.3. The van der Waals surface area contributed by atoms with Crippen LogP contribution in [0.2, 0.25) is 0 Å². The van der Waals surface area contributed by atoms with Crippen molar-refractivity contribution < 1.29 is 8.42 Å². The summed E-state index contributed by atoms with van der Waals surface area (Å²) in [5.74, 6) is 0.289. The van der Waals surface area contributed by atoms with Gasteiger partial charge >= 0.3 is 0 Å². The number of hydrogen-bond acceptors (Lipinski definition) is 4. The Hall–Kier alpha value is -1.40. The molecule has 102 valence electrons. The van der Waals surface area contributed by atoms with Gasteiger partial charge in [0.15, 0.2) is 0 Å². The molecule has 0 saturated carbocycles. The maximum absolute atomic E-state index is 12.2. The van der Waals surface area contributed by atoms with E-state index in [1.807, 2.05) is 13.8 Å². The molecule has 0 N–H and O–H groups in total. The molecule has 5 nitrogen and oxygen atoms in total. The largest absolute Gasteiger partial charge is 0.298 e. The van der Waals surface area contributed by atoms with E-state index in [9.17, 15) is 13.2 Å². The first-order chi connectivity index (χ1) is 8.79. The zero-order valence-corrected chi connectivity index (χ0v) is 12.1. The smallest absolute Gasteiger partial charge is 0.261 e. The normalized spacial score (nSPS) is 12.2. The summed E-state index contributed by atoms with van der Waals surface area (Å²) in [6.45, 7) is 4.49. The van der Waals surface area contributed by atoms with E-state index in [1.165, 1.54) is 29.1 Å². The maximum atomic E-state index is 12.2. The molecule has 1 aromatic heterocycles. The van der Waals surface area contributed by atoms with E-state index in [0.717, 1.165) is 0 Å². The molecular weight excluding hydrogens is 288 g/mol. The van der Waals surface area contributed by atoms with E-state index in [1.54, 1.807) is 0 Å². The summed E-state index contributed by atoms with van der Waals surface area (Å²) >= 11 is 0. The highest BCUT2D eigenvalue weighted by Gasteiger charge is 2.13. The molecule has 0 atom stereocenters. The standard InChI is InChI=1S/C12H13ClN2O3S/c1-8(2)6-15-7-14-11-4-3-9(19(13,17)18)5-10(11)12(15)16/h3-5,7-8H,6H2,1-2H3. The van der Waals surface area contributed by atoms with Crippen molar-refractivity contribution in [2.75, 3.05) is 0 Å². The zero-order valence-electron chi connectivity index (χ0n) is 10.5. The molecule has 0 spiro atoms. The molecule has 0 bridgehead atoms. The van der Waals surface area contributed by atoms with Crippen molar-refractivity contribution in [2.24, 2.45) is 5.92 Å². The number of halogens is 1. The van der Waals surface area contributed by atoms with Gasteiger partial charge in [0, 0.05) is 17.2 Å².